The van der Waals surface area contributed by atoms with Crippen molar-refractivity contribution in [2.75, 3.05) is 26.2 Å². The van der Waals surface area contributed by atoms with Gasteiger partial charge < -0.3 is 70.8 Å². The van der Waals surface area contributed by atoms with E-state index in [0.717, 1.165) is 73.2 Å². The number of phenols is 3. The Morgan fingerprint density at radius 1 is 0.973 bits per heavy atom. The van der Waals surface area contributed by atoms with Crippen molar-refractivity contribution in [2.45, 2.75) is 152 Å². The molecule has 6 heterocycles. The Labute approximate surface area is 439 Å². The van der Waals surface area contributed by atoms with Gasteiger partial charge in [0.25, 0.3) is 0 Å². The molecule has 17 heteroatoms. The lowest BCUT2D eigenvalue weighted by atomic mass is 9.69. The van der Waals surface area contributed by atoms with Gasteiger partial charge in [0.2, 0.25) is 5.75 Å². The van der Waals surface area contributed by atoms with Crippen molar-refractivity contribution in [3.05, 3.63) is 120 Å². The summed E-state index contributed by atoms with van der Waals surface area (Å²) in [5.41, 5.74) is 10.6. The van der Waals surface area contributed by atoms with Crippen LogP contribution in [0.4, 0.5) is 0 Å². The average Bonchev–Trinajstić information content (AvgIpc) is 4.03. The highest BCUT2D eigenvalue weighted by molar-refractivity contribution is 5.83. The minimum Gasteiger partial charge on any atom is -0.504 e. The van der Waals surface area contributed by atoms with Gasteiger partial charge in [-0.15, -0.1) is 0 Å². The summed E-state index contributed by atoms with van der Waals surface area (Å²) in [5.74, 6) is 1.23. The lowest BCUT2D eigenvalue weighted by Crippen LogP contribution is -2.70. The van der Waals surface area contributed by atoms with E-state index in [9.17, 15) is 20.1 Å². The summed E-state index contributed by atoms with van der Waals surface area (Å²) in [5, 5.41) is 49.3. The molecule has 4 fully saturated rings. The highest BCUT2D eigenvalue weighted by Gasteiger charge is 2.51. The van der Waals surface area contributed by atoms with Crippen molar-refractivity contribution in [1.29, 1.82) is 0 Å². The topological polar surface area (TPSA) is 235 Å². The minimum absolute atomic E-state index is 0.0876. The van der Waals surface area contributed by atoms with E-state index < -0.39 is 12.2 Å². The number of ether oxygens (including phenoxy) is 4. The van der Waals surface area contributed by atoms with Crippen molar-refractivity contribution in [3.63, 3.8) is 0 Å². The van der Waals surface area contributed by atoms with E-state index >= 15 is 0 Å². The Bertz CT molecular complexity index is 2790. The number of aromatic hydroxyl groups is 3. The van der Waals surface area contributed by atoms with Crippen LogP contribution in [-0.2, 0) is 27.1 Å². The van der Waals surface area contributed by atoms with Crippen LogP contribution in [0.3, 0.4) is 0 Å². The molecule has 5 aliphatic rings. The number of aromatic nitrogens is 3. The van der Waals surface area contributed by atoms with Crippen LogP contribution in [0, 0.1) is 5.92 Å². The SMILES string of the molecule is CC(=O)O[C@@H]1C[C@H](CCc2ccc(O)c(O[C@@H]3CCC[C@]4(C3)NC(=NCCCC3=CCNC(N)=C3)N[C@H](n3cc5cc[nH]c5c3)[C@H]4CNC3CCCCC3)c2)O[C@H](c2cc(O)c(O)c(OCCc3cccnc3)c2)C1. The van der Waals surface area contributed by atoms with E-state index in [1.807, 2.05) is 36.5 Å². The van der Waals surface area contributed by atoms with Crippen LogP contribution in [0.15, 0.2) is 108 Å². The van der Waals surface area contributed by atoms with Crippen LogP contribution in [0.5, 0.6) is 28.7 Å². The van der Waals surface area contributed by atoms with E-state index in [4.69, 9.17) is 29.7 Å². The Morgan fingerprint density at radius 2 is 1.87 bits per heavy atom. The van der Waals surface area contributed by atoms with Crippen LogP contribution in [0.25, 0.3) is 10.9 Å². The maximum atomic E-state index is 12.3. The molecule has 2 aromatic carbocycles. The molecule has 0 amide bonds. The second-order valence-corrected chi connectivity index (χ2v) is 21.3. The maximum Gasteiger partial charge on any atom is 0.302 e. The number of nitrogens with zero attached hydrogens (tertiary/aromatic N) is 3. The average molecular weight is 1030 g/mol. The van der Waals surface area contributed by atoms with Gasteiger partial charge in [-0.3, -0.25) is 14.8 Å². The third kappa shape index (κ3) is 13.0. The molecule has 5 aromatic rings. The van der Waals surface area contributed by atoms with Crippen molar-refractivity contribution >= 4 is 22.8 Å². The first-order valence-electron chi connectivity index (χ1n) is 27.3. The van der Waals surface area contributed by atoms with E-state index in [1.165, 1.54) is 50.7 Å². The number of aryl methyl sites for hydroxylation is 1. The number of aromatic amines is 1. The lowest BCUT2D eigenvalue weighted by molar-refractivity contribution is -0.160. The van der Waals surface area contributed by atoms with E-state index in [0.29, 0.717) is 68.2 Å². The zero-order valence-corrected chi connectivity index (χ0v) is 43.1. The maximum absolute atomic E-state index is 12.3. The Kier molecular flexibility index (Phi) is 16.4. The molecule has 3 aromatic heterocycles. The van der Waals surface area contributed by atoms with Crippen molar-refractivity contribution in [3.8, 4) is 28.7 Å². The highest BCUT2D eigenvalue weighted by Crippen LogP contribution is 2.45. The Morgan fingerprint density at radius 3 is 2.69 bits per heavy atom. The second-order valence-electron chi connectivity index (χ2n) is 21.3. The van der Waals surface area contributed by atoms with Gasteiger partial charge in [0.15, 0.2) is 29.0 Å². The molecule has 10 rings (SSSR count). The molecule has 0 radical (unpaired) electrons. The molecule has 0 unspecified atom stereocenters. The molecule has 2 aliphatic carbocycles. The molecule has 75 heavy (non-hydrogen) atoms. The summed E-state index contributed by atoms with van der Waals surface area (Å²) in [6, 6.07) is 15.1. The van der Waals surface area contributed by atoms with Crippen LogP contribution >= 0.6 is 0 Å². The van der Waals surface area contributed by atoms with Crippen LogP contribution in [0.1, 0.15) is 126 Å². The standard InChI is InChI=1S/C58H75N9O8/c1-37(68)73-46-30-44(74-51(31-46)42-28-50(70)55(71)53(29-42)72-25-19-40-9-6-21-60-33-40)15-13-39-14-16-49(69)52(26-39)75-45-12-5-20-58(32-45)47(34-64-43-10-3-2-4-11-43)56(67-35-41-18-24-61-48(41)36-67)65-57(66-58)63-22-7-8-38-17-23-62-54(59)27-38/h6,9,14,16-18,21,24,26-29,33,35-36,43-47,51,56,61-62,64,69-71H,2-5,7-8,10-13,15,19-20,22-23,25,30-32,34,59H2,1H3,(H2,63,65,66)/t44-,45+,46+,47+,51-,56+,58+/m0/s1. The number of fused-ring (bicyclic) bond motifs is 1. The van der Waals surface area contributed by atoms with E-state index in [-0.39, 0.29) is 65.4 Å². The third-order valence-corrected chi connectivity index (χ3v) is 15.9. The number of nitrogens with two attached hydrogens (primary N) is 1. The number of nitrogens with one attached hydrogen (secondary N) is 5. The number of aliphatic imine (C=N–C) groups is 1. The minimum atomic E-state index is -0.547. The summed E-state index contributed by atoms with van der Waals surface area (Å²) in [4.78, 5) is 25.1. The summed E-state index contributed by atoms with van der Waals surface area (Å²) >= 11 is 0. The molecular formula is C58H75N9O8. The van der Waals surface area contributed by atoms with Crippen LogP contribution in [-0.4, -0.2) is 97.9 Å². The number of pyridine rings is 1. The Balaban J connectivity index is 0.850. The number of carbonyl (C=O) groups is 1. The van der Waals surface area contributed by atoms with Crippen molar-refractivity contribution in [1.82, 2.24) is 35.8 Å². The molecule has 3 aliphatic heterocycles. The van der Waals surface area contributed by atoms with Crippen LogP contribution < -0.4 is 36.5 Å². The molecule has 10 N–H and O–H groups in total. The molecule has 2 saturated carbocycles. The second kappa shape index (κ2) is 23.8. The number of hydrogen-bond acceptors (Lipinski definition) is 13. The first-order valence-corrected chi connectivity index (χ1v) is 27.3. The predicted molar refractivity (Wildman–Crippen MR) is 288 cm³/mol. The smallest absolute Gasteiger partial charge is 0.302 e. The van der Waals surface area contributed by atoms with Gasteiger partial charge in [0.05, 0.1) is 35.7 Å². The van der Waals surface area contributed by atoms with Crippen molar-refractivity contribution < 1.29 is 39.1 Å². The third-order valence-electron chi connectivity index (χ3n) is 15.9. The number of hydrogen-bond donors (Lipinski definition) is 9. The molecule has 0 bridgehead atoms. The largest absolute Gasteiger partial charge is 0.504 e. The number of benzene rings is 2. The van der Waals surface area contributed by atoms with Gasteiger partial charge in [-0.1, -0.05) is 37.5 Å². The van der Waals surface area contributed by atoms with Gasteiger partial charge >= 0.3 is 5.97 Å². The predicted octanol–water partition coefficient (Wildman–Crippen LogP) is 8.34. The molecular weight excluding hydrogens is 951 g/mol. The van der Waals surface area contributed by atoms with Gasteiger partial charge in [-0.25, -0.2) is 0 Å². The number of carbonyl (C=O) groups excluding carboxylic acids is 1. The number of dihydropyridines is 1. The summed E-state index contributed by atoms with van der Waals surface area (Å²) in [6.07, 6.45) is 26.5. The van der Waals surface area contributed by atoms with Gasteiger partial charge in [-0.2, -0.15) is 0 Å². The Hall–Kier alpha value is -6.85. The summed E-state index contributed by atoms with van der Waals surface area (Å²) in [7, 11) is 0. The molecule has 2 saturated heterocycles. The lowest BCUT2D eigenvalue weighted by Gasteiger charge is -2.53. The van der Waals surface area contributed by atoms with E-state index in [1.54, 1.807) is 24.5 Å². The molecule has 7 atom stereocenters. The quantitative estimate of drug-likeness (QED) is 0.0215. The van der Waals surface area contributed by atoms with E-state index in [2.05, 4.69) is 60.3 Å². The fourth-order valence-corrected chi connectivity index (χ4v) is 12.1. The highest BCUT2D eigenvalue weighted by atomic mass is 16.6. The fraction of sp³-hybridized carbons (Fsp3) is 0.500. The summed E-state index contributed by atoms with van der Waals surface area (Å²) in [6.45, 7) is 3.87. The first-order chi connectivity index (χ1) is 36.5. The normalized spacial score (nSPS) is 25.7. The van der Waals surface area contributed by atoms with Gasteiger partial charge in [0.1, 0.15) is 18.4 Å². The van der Waals surface area contributed by atoms with Crippen molar-refractivity contribution in [2.24, 2.45) is 16.6 Å². The zero-order valence-electron chi connectivity index (χ0n) is 43.1. The molecule has 400 valence electrons. The molecule has 17 nitrogen and oxygen atoms in total. The zero-order chi connectivity index (χ0) is 51.7. The monoisotopic (exact) mass is 1030 g/mol. The van der Waals surface area contributed by atoms with Gasteiger partial charge in [-0.05, 0) is 123 Å². The number of H-pyrrole nitrogens is 1. The number of guanidine groups is 1. The first kappa shape index (κ1) is 51.6. The number of rotatable bonds is 19. The number of phenolic OH excluding ortho intramolecular Hbond substituents is 3. The van der Waals surface area contributed by atoms with Gasteiger partial charge in [0, 0.05) is 101 Å². The fourth-order valence-electron chi connectivity index (χ4n) is 12.1. The van der Waals surface area contributed by atoms with Crippen LogP contribution in [0.2, 0.25) is 0 Å². The number of esters is 1. The molecule has 1 spiro atoms. The number of allylic oxidation sites excluding steroid dienone is 2. The summed E-state index contributed by atoms with van der Waals surface area (Å²) < 4.78 is 27.7.